The van der Waals surface area contributed by atoms with Crippen molar-refractivity contribution < 1.29 is 14.3 Å². The molecule has 0 aliphatic carbocycles. The summed E-state index contributed by atoms with van der Waals surface area (Å²) in [5.74, 6) is -0.601. The van der Waals surface area contributed by atoms with E-state index in [0.717, 1.165) is 5.56 Å². The monoisotopic (exact) mass is 282 g/mol. The van der Waals surface area contributed by atoms with Crippen molar-refractivity contribution in [2.24, 2.45) is 0 Å². The third kappa shape index (κ3) is 3.00. The van der Waals surface area contributed by atoms with Crippen molar-refractivity contribution in [3.8, 4) is 6.07 Å². The number of rotatable bonds is 5. The molecule has 21 heavy (non-hydrogen) atoms. The van der Waals surface area contributed by atoms with Gasteiger partial charge in [0.2, 0.25) is 0 Å². The van der Waals surface area contributed by atoms with E-state index in [0.29, 0.717) is 18.3 Å². The van der Waals surface area contributed by atoms with Crippen molar-refractivity contribution in [2.75, 3.05) is 0 Å². The van der Waals surface area contributed by atoms with Gasteiger partial charge in [0, 0.05) is 5.56 Å². The van der Waals surface area contributed by atoms with Gasteiger partial charge in [0.25, 0.3) is 0 Å². The molecule has 0 aliphatic rings. The molecule has 1 heterocycles. The lowest BCUT2D eigenvalue weighted by atomic mass is 10.1. The standard InChI is InChI=1S/C16H14N2O3/c1-2-12-13(8-17)18-14(9-19)15(12)16(20)21-10-11-6-4-3-5-7-11/h3-7,9,18H,2,10H2,1H3. The van der Waals surface area contributed by atoms with Crippen molar-refractivity contribution in [1.29, 1.82) is 5.26 Å². The Balaban J connectivity index is 2.24. The topological polar surface area (TPSA) is 83.0 Å². The highest BCUT2D eigenvalue weighted by Crippen LogP contribution is 2.20. The lowest BCUT2D eigenvalue weighted by molar-refractivity contribution is 0.0470. The number of aldehydes is 1. The maximum absolute atomic E-state index is 12.2. The van der Waals surface area contributed by atoms with Crippen LogP contribution >= 0.6 is 0 Å². The number of H-pyrrole nitrogens is 1. The van der Waals surface area contributed by atoms with E-state index in [1.807, 2.05) is 43.3 Å². The SMILES string of the molecule is CCc1c(C#N)[nH]c(C=O)c1C(=O)OCc1ccccc1. The van der Waals surface area contributed by atoms with Gasteiger partial charge in [-0.3, -0.25) is 4.79 Å². The molecule has 0 atom stereocenters. The molecule has 1 aromatic carbocycles. The Morgan fingerprint density at radius 1 is 1.38 bits per heavy atom. The van der Waals surface area contributed by atoms with Crippen molar-refractivity contribution in [3.63, 3.8) is 0 Å². The Bertz CT molecular complexity index is 696. The van der Waals surface area contributed by atoms with E-state index in [1.165, 1.54) is 0 Å². The minimum atomic E-state index is -0.601. The molecule has 5 heteroatoms. The lowest BCUT2D eigenvalue weighted by Crippen LogP contribution is -2.09. The molecule has 5 nitrogen and oxygen atoms in total. The van der Waals surface area contributed by atoms with Gasteiger partial charge in [0.1, 0.15) is 18.4 Å². The first kappa shape index (κ1) is 14.5. The third-order valence-electron chi connectivity index (χ3n) is 3.13. The van der Waals surface area contributed by atoms with Crippen LogP contribution in [0.1, 0.15) is 44.6 Å². The maximum Gasteiger partial charge on any atom is 0.341 e. The van der Waals surface area contributed by atoms with Gasteiger partial charge in [-0.25, -0.2) is 4.79 Å². The number of nitrogens with one attached hydrogen (secondary N) is 1. The van der Waals surface area contributed by atoms with Gasteiger partial charge in [-0.15, -0.1) is 0 Å². The predicted molar refractivity (Wildman–Crippen MR) is 75.8 cm³/mol. The Kier molecular flexibility index (Phi) is 4.52. The number of aromatic amines is 1. The summed E-state index contributed by atoms with van der Waals surface area (Å²) in [6.07, 6.45) is 0.988. The van der Waals surface area contributed by atoms with Gasteiger partial charge in [-0.1, -0.05) is 37.3 Å². The largest absolute Gasteiger partial charge is 0.457 e. The second-order valence-corrected chi connectivity index (χ2v) is 4.41. The Morgan fingerprint density at radius 3 is 2.67 bits per heavy atom. The molecular weight excluding hydrogens is 268 g/mol. The van der Waals surface area contributed by atoms with Crippen molar-refractivity contribution in [1.82, 2.24) is 4.98 Å². The fourth-order valence-corrected chi connectivity index (χ4v) is 2.13. The predicted octanol–water partition coefficient (Wildman–Crippen LogP) is 2.62. The number of nitriles is 1. The Hall–Kier alpha value is -2.87. The fraction of sp³-hybridized carbons (Fsp3) is 0.188. The summed E-state index contributed by atoms with van der Waals surface area (Å²) in [7, 11) is 0. The molecule has 0 aliphatic heterocycles. The summed E-state index contributed by atoms with van der Waals surface area (Å²) in [6.45, 7) is 1.93. The summed E-state index contributed by atoms with van der Waals surface area (Å²) in [4.78, 5) is 25.9. The quantitative estimate of drug-likeness (QED) is 0.675. The average molecular weight is 282 g/mol. The zero-order chi connectivity index (χ0) is 15.2. The van der Waals surface area contributed by atoms with Crippen LogP contribution in [0.3, 0.4) is 0 Å². The molecule has 0 saturated heterocycles. The summed E-state index contributed by atoms with van der Waals surface area (Å²) in [5, 5.41) is 9.02. The van der Waals surface area contributed by atoms with Crippen LogP contribution in [0.15, 0.2) is 30.3 Å². The second-order valence-electron chi connectivity index (χ2n) is 4.41. The molecule has 0 amide bonds. The zero-order valence-electron chi connectivity index (χ0n) is 11.6. The molecule has 1 N–H and O–H groups in total. The van der Waals surface area contributed by atoms with E-state index >= 15 is 0 Å². The number of carbonyl (C=O) groups is 2. The summed E-state index contributed by atoms with van der Waals surface area (Å²) in [6, 6.07) is 11.2. The molecular formula is C16H14N2O3. The molecule has 0 radical (unpaired) electrons. The number of esters is 1. The lowest BCUT2D eigenvalue weighted by Gasteiger charge is -2.06. The number of aromatic nitrogens is 1. The minimum absolute atomic E-state index is 0.0847. The van der Waals surface area contributed by atoms with Crippen molar-refractivity contribution in [3.05, 3.63) is 58.4 Å². The van der Waals surface area contributed by atoms with E-state index in [1.54, 1.807) is 0 Å². The van der Waals surface area contributed by atoms with Crippen LogP contribution in [0, 0.1) is 11.3 Å². The molecule has 1 aromatic heterocycles. The molecule has 0 spiro atoms. The fourth-order valence-electron chi connectivity index (χ4n) is 2.13. The van der Waals surface area contributed by atoms with E-state index in [2.05, 4.69) is 4.98 Å². The second kappa shape index (κ2) is 6.53. The number of carbonyl (C=O) groups excluding carboxylic acids is 2. The minimum Gasteiger partial charge on any atom is -0.457 e. The molecule has 106 valence electrons. The summed E-state index contributed by atoms with van der Waals surface area (Å²) < 4.78 is 5.23. The van der Waals surface area contributed by atoms with Crippen molar-refractivity contribution in [2.45, 2.75) is 20.0 Å². The summed E-state index contributed by atoms with van der Waals surface area (Å²) >= 11 is 0. The van der Waals surface area contributed by atoms with Crippen molar-refractivity contribution >= 4 is 12.3 Å². The molecule has 0 bridgehead atoms. The van der Waals surface area contributed by atoms with E-state index in [4.69, 9.17) is 10.00 Å². The van der Waals surface area contributed by atoms with Gasteiger partial charge in [-0.05, 0) is 12.0 Å². The molecule has 0 unspecified atom stereocenters. The normalized spacial score (nSPS) is 9.90. The number of benzene rings is 1. The number of nitrogens with zero attached hydrogens (tertiary/aromatic N) is 1. The number of ether oxygens (including phenoxy) is 1. The van der Waals surface area contributed by atoms with Crippen LogP contribution in [0.4, 0.5) is 0 Å². The maximum atomic E-state index is 12.2. The van der Waals surface area contributed by atoms with Crippen LogP contribution in [0.25, 0.3) is 0 Å². The highest BCUT2D eigenvalue weighted by molar-refractivity contribution is 5.99. The van der Waals surface area contributed by atoms with Crippen LogP contribution < -0.4 is 0 Å². The van der Waals surface area contributed by atoms with E-state index < -0.39 is 5.97 Å². The molecule has 0 saturated carbocycles. The van der Waals surface area contributed by atoms with Crippen LogP contribution in [-0.4, -0.2) is 17.2 Å². The number of hydrogen-bond acceptors (Lipinski definition) is 4. The van der Waals surface area contributed by atoms with E-state index in [-0.39, 0.29) is 23.6 Å². The highest BCUT2D eigenvalue weighted by Gasteiger charge is 2.23. The van der Waals surface area contributed by atoms with Gasteiger partial charge >= 0.3 is 5.97 Å². The van der Waals surface area contributed by atoms with Crippen LogP contribution in [0.5, 0.6) is 0 Å². The van der Waals surface area contributed by atoms with Crippen LogP contribution in [0.2, 0.25) is 0 Å². The smallest absolute Gasteiger partial charge is 0.341 e. The van der Waals surface area contributed by atoms with E-state index in [9.17, 15) is 9.59 Å². The van der Waals surface area contributed by atoms with Gasteiger partial charge in [0.15, 0.2) is 6.29 Å². The first-order valence-corrected chi connectivity index (χ1v) is 6.52. The van der Waals surface area contributed by atoms with Crippen LogP contribution in [-0.2, 0) is 17.8 Å². The summed E-state index contributed by atoms with van der Waals surface area (Å²) in [5.41, 5.74) is 1.83. The zero-order valence-corrected chi connectivity index (χ0v) is 11.6. The third-order valence-corrected chi connectivity index (χ3v) is 3.13. The highest BCUT2D eigenvalue weighted by atomic mass is 16.5. The first-order valence-electron chi connectivity index (χ1n) is 6.52. The Labute approximate surface area is 122 Å². The van der Waals surface area contributed by atoms with Gasteiger partial charge < -0.3 is 9.72 Å². The van der Waals surface area contributed by atoms with Gasteiger partial charge in [-0.2, -0.15) is 5.26 Å². The van der Waals surface area contributed by atoms with Gasteiger partial charge in [0.05, 0.1) is 11.3 Å². The Morgan fingerprint density at radius 2 is 2.10 bits per heavy atom. The first-order chi connectivity index (χ1) is 10.2. The number of hydrogen-bond donors (Lipinski definition) is 1. The molecule has 0 fully saturated rings. The molecule has 2 rings (SSSR count). The molecule has 2 aromatic rings. The average Bonchev–Trinajstić information content (AvgIpc) is 2.91.